The van der Waals surface area contributed by atoms with Crippen LogP contribution in [0.25, 0.3) is 55.8 Å². The fraction of sp³-hybridized carbons (Fsp3) is 0.140. The molecule has 2 unspecified atom stereocenters. The summed E-state index contributed by atoms with van der Waals surface area (Å²) in [5.41, 5.74) is 3.95. The number of benzene rings is 4. The van der Waals surface area contributed by atoms with Crippen molar-refractivity contribution < 1.29 is 26.3 Å². The van der Waals surface area contributed by atoms with E-state index in [9.17, 15) is 31.6 Å². The van der Waals surface area contributed by atoms with Crippen LogP contribution in [-0.4, -0.2) is 32.8 Å². The molecule has 3 heterocycles. The Morgan fingerprint density at radius 1 is 0.741 bits per heavy atom. The third kappa shape index (κ3) is 5.48. The summed E-state index contributed by atoms with van der Waals surface area (Å²) in [4.78, 5) is 12.2. The second-order valence-corrected chi connectivity index (χ2v) is 13.4. The lowest BCUT2D eigenvalue weighted by atomic mass is 9.91. The number of halogens is 6. The van der Waals surface area contributed by atoms with Gasteiger partial charge in [0.2, 0.25) is 5.95 Å². The minimum Gasteiger partial charge on any atom is -0.355 e. The van der Waals surface area contributed by atoms with Crippen molar-refractivity contribution in [1.29, 1.82) is 5.26 Å². The monoisotopic (exact) mass is 727 g/mol. The molecule has 2 atom stereocenters. The average Bonchev–Trinajstić information content (AvgIpc) is 3.70. The van der Waals surface area contributed by atoms with E-state index in [2.05, 4.69) is 11.0 Å². The fourth-order valence-electron chi connectivity index (χ4n) is 7.86. The molecule has 0 spiro atoms. The molecule has 0 saturated carbocycles. The van der Waals surface area contributed by atoms with Crippen LogP contribution in [0.3, 0.4) is 0 Å². The summed E-state index contributed by atoms with van der Waals surface area (Å²) in [5, 5.41) is 10.2. The SMILES string of the molecule is N#Cc1ccc(-c2cc(-c3ccccc3)nc(-n3c4ccc(C(F)(F)F)cc4c4ccc5c(c43)N(C3C=CC=CC3)C3CC=C(C(F)(F)F)C=C53)n2)cc1. The number of nitrogens with zero attached hydrogens (tertiary/aromatic N) is 5. The first-order chi connectivity index (χ1) is 26.0. The largest absolute Gasteiger partial charge is 0.416 e. The molecule has 0 N–H and O–H groups in total. The normalized spacial score (nSPS) is 18.1. The van der Waals surface area contributed by atoms with Crippen molar-refractivity contribution in [3.8, 4) is 34.5 Å². The van der Waals surface area contributed by atoms with Crippen LogP contribution in [0.1, 0.15) is 29.5 Å². The molecule has 9 rings (SSSR count). The molecule has 0 saturated heterocycles. The molecule has 2 aliphatic carbocycles. The fourth-order valence-corrected chi connectivity index (χ4v) is 7.86. The average molecular weight is 728 g/mol. The van der Waals surface area contributed by atoms with Crippen LogP contribution >= 0.6 is 0 Å². The number of nitriles is 1. The van der Waals surface area contributed by atoms with Gasteiger partial charge in [-0.2, -0.15) is 31.6 Å². The first kappa shape index (κ1) is 33.4. The molecule has 0 radical (unpaired) electrons. The van der Waals surface area contributed by atoms with Gasteiger partial charge in [0.1, 0.15) is 0 Å². The predicted octanol–water partition coefficient (Wildman–Crippen LogP) is 11.1. The van der Waals surface area contributed by atoms with Crippen LogP contribution < -0.4 is 4.90 Å². The van der Waals surface area contributed by atoms with Gasteiger partial charge >= 0.3 is 12.4 Å². The van der Waals surface area contributed by atoms with Gasteiger partial charge in [-0.1, -0.05) is 85.0 Å². The highest BCUT2D eigenvalue weighted by Gasteiger charge is 2.44. The van der Waals surface area contributed by atoms with E-state index in [1.165, 1.54) is 18.2 Å². The predicted molar refractivity (Wildman–Crippen MR) is 197 cm³/mol. The zero-order valence-electron chi connectivity index (χ0n) is 28.2. The summed E-state index contributed by atoms with van der Waals surface area (Å²) < 4.78 is 87.0. The summed E-state index contributed by atoms with van der Waals surface area (Å²) in [6, 6.07) is 26.5. The van der Waals surface area contributed by atoms with Crippen LogP contribution in [-0.2, 0) is 6.18 Å². The smallest absolute Gasteiger partial charge is 0.355 e. The van der Waals surface area contributed by atoms with Crippen LogP contribution in [0.4, 0.5) is 32.0 Å². The molecule has 2 aromatic heterocycles. The van der Waals surface area contributed by atoms with Gasteiger partial charge in [0.15, 0.2) is 0 Å². The Hall–Kier alpha value is -6.41. The summed E-state index contributed by atoms with van der Waals surface area (Å²) in [5.74, 6) is 0.167. The van der Waals surface area contributed by atoms with Gasteiger partial charge in [-0.05, 0) is 60.9 Å². The Bertz CT molecular complexity index is 2660. The van der Waals surface area contributed by atoms with Crippen LogP contribution in [0.2, 0.25) is 0 Å². The Morgan fingerprint density at radius 3 is 2.15 bits per heavy atom. The number of aromatic nitrogens is 3. The molecular weight excluding hydrogens is 700 g/mol. The first-order valence-electron chi connectivity index (χ1n) is 17.2. The lowest BCUT2D eigenvalue weighted by Crippen LogP contribution is -2.40. The maximum atomic E-state index is 14.3. The first-order valence-corrected chi connectivity index (χ1v) is 17.2. The van der Waals surface area contributed by atoms with Crippen molar-refractivity contribution in [3.05, 3.63) is 150 Å². The summed E-state index contributed by atoms with van der Waals surface area (Å²) in [6.07, 6.45) is 1.70. The Morgan fingerprint density at radius 2 is 1.48 bits per heavy atom. The highest BCUT2D eigenvalue weighted by Crippen LogP contribution is 2.53. The van der Waals surface area contributed by atoms with E-state index < -0.39 is 29.5 Å². The topological polar surface area (TPSA) is 57.7 Å². The van der Waals surface area contributed by atoms with Gasteiger partial charge < -0.3 is 4.90 Å². The van der Waals surface area contributed by atoms with E-state index in [0.717, 1.165) is 17.7 Å². The van der Waals surface area contributed by atoms with Crippen molar-refractivity contribution >= 4 is 33.1 Å². The maximum Gasteiger partial charge on any atom is 0.416 e. The number of hydrogen-bond acceptors (Lipinski definition) is 4. The molecule has 0 fully saturated rings. The van der Waals surface area contributed by atoms with E-state index in [4.69, 9.17) is 9.97 Å². The van der Waals surface area contributed by atoms with Gasteiger partial charge in [0, 0.05) is 27.5 Å². The molecule has 5 nitrogen and oxygen atoms in total. The highest BCUT2D eigenvalue weighted by atomic mass is 19.4. The van der Waals surface area contributed by atoms with Crippen LogP contribution in [0.5, 0.6) is 0 Å². The molecule has 0 bridgehead atoms. The van der Waals surface area contributed by atoms with Gasteiger partial charge in [-0.25, -0.2) is 9.97 Å². The second kappa shape index (κ2) is 12.3. The molecule has 4 aromatic carbocycles. The van der Waals surface area contributed by atoms with Crippen molar-refractivity contribution in [2.45, 2.75) is 37.3 Å². The number of alkyl halides is 6. The molecule has 266 valence electrons. The van der Waals surface area contributed by atoms with Crippen molar-refractivity contribution in [2.75, 3.05) is 4.90 Å². The van der Waals surface area contributed by atoms with E-state index in [1.54, 1.807) is 41.0 Å². The molecule has 54 heavy (non-hydrogen) atoms. The third-order valence-corrected chi connectivity index (χ3v) is 10.3. The molecule has 0 amide bonds. The minimum atomic E-state index is -4.63. The molecule has 6 aromatic rings. The summed E-state index contributed by atoms with van der Waals surface area (Å²) in [6.45, 7) is 0. The molecule has 1 aliphatic heterocycles. The third-order valence-electron chi connectivity index (χ3n) is 10.3. The number of fused-ring (bicyclic) bond motifs is 7. The maximum absolute atomic E-state index is 14.3. The minimum absolute atomic E-state index is 0.0895. The number of anilines is 1. The van der Waals surface area contributed by atoms with E-state index in [0.29, 0.717) is 67.6 Å². The number of hydrogen-bond donors (Lipinski definition) is 0. The van der Waals surface area contributed by atoms with Gasteiger partial charge in [0.05, 0.1) is 63.0 Å². The van der Waals surface area contributed by atoms with Crippen molar-refractivity contribution in [1.82, 2.24) is 14.5 Å². The summed E-state index contributed by atoms with van der Waals surface area (Å²) >= 11 is 0. The quantitative estimate of drug-likeness (QED) is 0.170. The lowest BCUT2D eigenvalue weighted by Gasteiger charge is -2.36. The lowest BCUT2D eigenvalue weighted by molar-refractivity contribution is -0.137. The van der Waals surface area contributed by atoms with Crippen LogP contribution in [0.15, 0.2) is 133 Å². The second-order valence-electron chi connectivity index (χ2n) is 13.4. The Balaban J connectivity index is 1.39. The number of rotatable bonds is 4. The van der Waals surface area contributed by atoms with Gasteiger partial charge in [-0.3, -0.25) is 4.57 Å². The molecule has 3 aliphatic rings. The zero-order chi connectivity index (χ0) is 37.4. The molecular formula is C43H27F6N5. The highest BCUT2D eigenvalue weighted by molar-refractivity contribution is 6.16. The molecule has 11 heteroatoms. The van der Waals surface area contributed by atoms with Crippen molar-refractivity contribution in [3.63, 3.8) is 0 Å². The zero-order valence-corrected chi connectivity index (χ0v) is 28.2. The standard InChI is InChI=1S/C43H27F6N5/c44-42(45,46)28-15-19-37-33(21-28)31-17-18-32-34-22-29(43(47,48)49)16-20-38(34)54(40(32)39(31)53(37)30-9-5-2-6-10-30)41-51-35(26-7-3-1-4-8-26)23-36(52-41)27-13-11-25(24-50)12-14-27/h1-9,11-18,20-23,30,37H,10,19H2. The van der Waals surface area contributed by atoms with E-state index in [-0.39, 0.29) is 18.4 Å². The summed E-state index contributed by atoms with van der Waals surface area (Å²) in [7, 11) is 0. The Kier molecular flexibility index (Phi) is 7.64. The van der Waals surface area contributed by atoms with Gasteiger partial charge in [-0.15, -0.1) is 0 Å². The van der Waals surface area contributed by atoms with Crippen LogP contribution in [0, 0.1) is 11.3 Å². The number of allylic oxidation sites excluding steroid dienone is 4. The van der Waals surface area contributed by atoms with E-state index in [1.807, 2.05) is 60.7 Å². The van der Waals surface area contributed by atoms with Gasteiger partial charge in [0.25, 0.3) is 0 Å². The Labute approximate surface area is 305 Å². The van der Waals surface area contributed by atoms with Crippen molar-refractivity contribution in [2.24, 2.45) is 0 Å². The van der Waals surface area contributed by atoms with E-state index >= 15 is 0 Å².